The molecule has 0 radical (unpaired) electrons. The molecule has 3 aliphatic carbocycles. The van der Waals surface area contributed by atoms with Crippen LogP contribution in [0.2, 0.25) is 0 Å². The Labute approximate surface area is 195 Å². The Hall–Kier alpha value is -3.13. The third kappa shape index (κ3) is 3.53. The third-order valence-corrected chi connectivity index (χ3v) is 8.02. The molecule has 3 aromatic rings. The summed E-state index contributed by atoms with van der Waals surface area (Å²) in [5.74, 6) is 6.84. The summed E-state index contributed by atoms with van der Waals surface area (Å²) < 4.78 is 1.94. The second-order valence-corrected chi connectivity index (χ2v) is 10.3. The molecule has 1 aromatic carbocycles. The van der Waals surface area contributed by atoms with Crippen LogP contribution in [0.3, 0.4) is 0 Å². The van der Waals surface area contributed by atoms with Crippen molar-refractivity contribution in [3.63, 3.8) is 0 Å². The number of pyridine rings is 1. The molecule has 0 bridgehead atoms. The van der Waals surface area contributed by atoms with Crippen molar-refractivity contribution >= 4 is 16.8 Å². The molecule has 3 aliphatic rings. The number of carbonyl (C=O) groups is 1. The molecule has 3 fully saturated rings. The van der Waals surface area contributed by atoms with E-state index in [1.165, 1.54) is 37.7 Å². The van der Waals surface area contributed by atoms with Crippen molar-refractivity contribution < 1.29 is 4.79 Å². The van der Waals surface area contributed by atoms with Gasteiger partial charge in [-0.3, -0.25) is 14.5 Å². The van der Waals surface area contributed by atoms with Gasteiger partial charge in [0.05, 0.1) is 29.0 Å². The highest BCUT2D eigenvalue weighted by Crippen LogP contribution is 2.55. The van der Waals surface area contributed by atoms with Gasteiger partial charge in [0.25, 0.3) is 5.91 Å². The van der Waals surface area contributed by atoms with Crippen LogP contribution in [-0.2, 0) is 0 Å². The zero-order valence-electron chi connectivity index (χ0n) is 19.4. The van der Waals surface area contributed by atoms with E-state index in [4.69, 9.17) is 10.1 Å². The van der Waals surface area contributed by atoms with Crippen LogP contribution >= 0.6 is 0 Å². The largest absolute Gasteiger partial charge is 0.349 e. The molecule has 0 saturated heterocycles. The van der Waals surface area contributed by atoms with Crippen LogP contribution < -0.4 is 5.32 Å². The topological polar surface area (TPSA) is 59.8 Å². The van der Waals surface area contributed by atoms with Gasteiger partial charge in [0, 0.05) is 23.2 Å². The van der Waals surface area contributed by atoms with Crippen molar-refractivity contribution in [2.75, 3.05) is 0 Å². The van der Waals surface area contributed by atoms with Crippen molar-refractivity contribution in [1.82, 2.24) is 20.1 Å². The lowest BCUT2D eigenvalue weighted by Crippen LogP contribution is -2.53. The third-order valence-electron chi connectivity index (χ3n) is 8.02. The summed E-state index contributed by atoms with van der Waals surface area (Å²) in [6, 6.07) is 8.34. The molecule has 1 amide bonds. The molecule has 1 atom stereocenters. The minimum absolute atomic E-state index is 0.0128. The summed E-state index contributed by atoms with van der Waals surface area (Å²) >= 11 is 0. The number of hydrogen-bond donors (Lipinski definition) is 1. The van der Waals surface area contributed by atoms with Gasteiger partial charge in [-0.25, -0.2) is 0 Å². The minimum Gasteiger partial charge on any atom is -0.349 e. The molecular weight excluding hydrogens is 408 g/mol. The Morgan fingerprint density at radius 3 is 2.64 bits per heavy atom. The molecular formula is C28H30N4O. The van der Waals surface area contributed by atoms with Crippen molar-refractivity contribution in [2.45, 2.75) is 76.8 Å². The number of benzene rings is 1. The summed E-state index contributed by atoms with van der Waals surface area (Å²) in [4.78, 5) is 18.1. The van der Waals surface area contributed by atoms with Crippen LogP contribution in [0.15, 0.2) is 36.7 Å². The SMILES string of the molecule is CC#Cc1ccc(C(=O)NC2CC3(CCC3)C2)c2c1cnn2C(C)c1ccc(C2CC2)cn1. The minimum atomic E-state index is -0.0888. The molecule has 33 heavy (non-hydrogen) atoms. The Bertz CT molecular complexity index is 1280. The quantitative estimate of drug-likeness (QED) is 0.546. The fourth-order valence-electron chi connectivity index (χ4n) is 5.77. The van der Waals surface area contributed by atoms with Gasteiger partial charge in [-0.2, -0.15) is 5.10 Å². The summed E-state index contributed by atoms with van der Waals surface area (Å²) in [5.41, 5.74) is 5.21. The lowest BCUT2D eigenvalue weighted by atomic mass is 9.54. The highest BCUT2D eigenvalue weighted by molar-refractivity contribution is 6.07. The Morgan fingerprint density at radius 1 is 1.18 bits per heavy atom. The van der Waals surface area contributed by atoms with Crippen LogP contribution in [0.5, 0.6) is 0 Å². The van der Waals surface area contributed by atoms with Crippen molar-refractivity contribution in [3.05, 3.63) is 59.0 Å². The maximum absolute atomic E-state index is 13.4. The Kier molecular flexibility index (Phi) is 4.79. The number of aromatic nitrogens is 3. The smallest absolute Gasteiger partial charge is 0.253 e. The molecule has 2 aromatic heterocycles. The standard InChI is InChI=1S/C28H30N4O/c1-3-5-20-8-10-23(27(33)31-22-14-28(15-22)12-4-13-28)26-24(20)17-30-32(26)18(2)25-11-9-21(16-29-25)19-6-7-19/h8-11,16-19,22H,4,6-7,12-15H2,1-2H3,(H,31,33). The fourth-order valence-corrected chi connectivity index (χ4v) is 5.77. The van der Waals surface area contributed by atoms with E-state index in [9.17, 15) is 4.79 Å². The Balaban J connectivity index is 1.34. The molecule has 0 aliphatic heterocycles. The van der Waals surface area contributed by atoms with E-state index in [0.29, 0.717) is 16.9 Å². The second kappa shape index (κ2) is 7.73. The van der Waals surface area contributed by atoms with Crippen LogP contribution in [0, 0.1) is 17.3 Å². The fraction of sp³-hybridized carbons (Fsp3) is 0.464. The maximum Gasteiger partial charge on any atom is 0.253 e. The first-order chi connectivity index (χ1) is 16.1. The highest BCUT2D eigenvalue weighted by Gasteiger charge is 2.48. The zero-order valence-corrected chi connectivity index (χ0v) is 19.4. The lowest BCUT2D eigenvalue weighted by Gasteiger charge is -2.54. The zero-order chi connectivity index (χ0) is 22.6. The number of rotatable bonds is 5. The Morgan fingerprint density at radius 2 is 2.00 bits per heavy atom. The number of amides is 1. The molecule has 1 N–H and O–H groups in total. The molecule has 1 spiro atoms. The van der Waals surface area contributed by atoms with E-state index in [2.05, 4.69) is 36.2 Å². The van der Waals surface area contributed by atoms with E-state index >= 15 is 0 Å². The summed E-state index contributed by atoms with van der Waals surface area (Å²) in [5, 5.41) is 8.92. The molecule has 6 rings (SSSR count). The normalized spacial score (nSPS) is 19.9. The highest BCUT2D eigenvalue weighted by atomic mass is 16.1. The van der Waals surface area contributed by atoms with Gasteiger partial charge in [0.2, 0.25) is 0 Å². The van der Waals surface area contributed by atoms with Gasteiger partial charge < -0.3 is 5.32 Å². The van der Waals surface area contributed by atoms with E-state index < -0.39 is 0 Å². The van der Waals surface area contributed by atoms with Crippen LogP contribution in [-0.4, -0.2) is 26.7 Å². The van der Waals surface area contributed by atoms with E-state index in [0.717, 1.165) is 35.0 Å². The first-order valence-electron chi connectivity index (χ1n) is 12.3. The van der Waals surface area contributed by atoms with Gasteiger partial charge in [-0.05, 0) is 87.5 Å². The lowest BCUT2D eigenvalue weighted by molar-refractivity contribution is -0.000604. The van der Waals surface area contributed by atoms with Crippen molar-refractivity contribution in [1.29, 1.82) is 0 Å². The van der Waals surface area contributed by atoms with Gasteiger partial charge in [-0.1, -0.05) is 18.4 Å². The van der Waals surface area contributed by atoms with Gasteiger partial charge in [-0.15, -0.1) is 5.92 Å². The van der Waals surface area contributed by atoms with Crippen LogP contribution in [0.25, 0.3) is 10.9 Å². The van der Waals surface area contributed by atoms with Crippen LogP contribution in [0.4, 0.5) is 0 Å². The first-order valence-corrected chi connectivity index (χ1v) is 12.3. The first kappa shape index (κ1) is 20.5. The van der Waals surface area contributed by atoms with Crippen LogP contribution in [0.1, 0.15) is 97.9 Å². The molecule has 1 unspecified atom stereocenters. The van der Waals surface area contributed by atoms with E-state index in [-0.39, 0.29) is 18.0 Å². The summed E-state index contributed by atoms with van der Waals surface area (Å²) in [6.45, 7) is 3.93. The monoisotopic (exact) mass is 438 g/mol. The molecule has 2 heterocycles. The number of carbonyl (C=O) groups excluding carboxylic acids is 1. The number of hydrogen-bond acceptors (Lipinski definition) is 3. The van der Waals surface area contributed by atoms with Gasteiger partial charge >= 0.3 is 0 Å². The molecule has 3 saturated carbocycles. The predicted octanol–water partition coefficient (Wildman–Crippen LogP) is 5.35. The number of nitrogens with one attached hydrogen (secondary N) is 1. The van der Waals surface area contributed by atoms with Gasteiger partial charge in [0.1, 0.15) is 0 Å². The average Bonchev–Trinajstić information content (AvgIpc) is 3.53. The average molecular weight is 439 g/mol. The molecule has 168 valence electrons. The maximum atomic E-state index is 13.4. The summed E-state index contributed by atoms with van der Waals surface area (Å²) in [7, 11) is 0. The van der Waals surface area contributed by atoms with Crippen molar-refractivity contribution in [3.8, 4) is 11.8 Å². The molecule has 5 heteroatoms. The van der Waals surface area contributed by atoms with E-state index in [1.807, 2.05) is 36.1 Å². The molecule has 5 nitrogen and oxygen atoms in total. The predicted molar refractivity (Wildman–Crippen MR) is 129 cm³/mol. The second-order valence-electron chi connectivity index (χ2n) is 10.3. The van der Waals surface area contributed by atoms with Crippen molar-refractivity contribution in [2.24, 2.45) is 5.41 Å². The summed E-state index contributed by atoms with van der Waals surface area (Å²) in [6.07, 6.45) is 12.6. The number of nitrogens with zero attached hydrogens (tertiary/aromatic N) is 3. The van der Waals surface area contributed by atoms with E-state index in [1.54, 1.807) is 0 Å². The van der Waals surface area contributed by atoms with Gasteiger partial charge in [0.15, 0.2) is 0 Å². The number of fused-ring (bicyclic) bond motifs is 1.